The number of hydrogen-bond acceptors (Lipinski definition) is 5. The van der Waals surface area contributed by atoms with E-state index >= 15 is 0 Å². The fourth-order valence-corrected chi connectivity index (χ4v) is 3.20. The number of anilines is 1. The zero-order valence-electron chi connectivity index (χ0n) is 13.8. The van der Waals surface area contributed by atoms with Crippen LogP contribution in [-0.4, -0.2) is 24.6 Å². The van der Waals surface area contributed by atoms with Gasteiger partial charge in [0.1, 0.15) is 17.0 Å². The van der Waals surface area contributed by atoms with Crippen LogP contribution in [0.2, 0.25) is 0 Å². The van der Waals surface area contributed by atoms with Crippen molar-refractivity contribution in [2.45, 2.75) is 13.8 Å². The van der Waals surface area contributed by atoms with Gasteiger partial charge in [0.15, 0.2) is 11.7 Å². The molecule has 0 saturated heterocycles. The van der Waals surface area contributed by atoms with Gasteiger partial charge in [0, 0.05) is 0 Å². The van der Waals surface area contributed by atoms with Crippen LogP contribution in [0.3, 0.4) is 0 Å². The Labute approximate surface area is 144 Å². The standard InChI is InChI=1S/C18H18N2O3S/c1-11-7-8-12(2)14(9-11)23-10-16(21)19-18-20-17-13(22-3)5-4-6-15(17)24-18/h4-9H,10H2,1-3H3,(H,19,20,21). The maximum Gasteiger partial charge on any atom is 0.264 e. The number of fused-ring (bicyclic) bond motifs is 1. The molecule has 1 N–H and O–H groups in total. The number of aromatic nitrogens is 1. The maximum absolute atomic E-state index is 12.1. The van der Waals surface area contributed by atoms with E-state index in [-0.39, 0.29) is 12.5 Å². The summed E-state index contributed by atoms with van der Waals surface area (Å²) in [7, 11) is 1.60. The van der Waals surface area contributed by atoms with Crippen LogP contribution in [0.5, 0.6) is 11.5 Å². The minimum Gasteiger partial charge on any atom is -0.494 e. The third-order valence-corrected chi connectivity index (χ3v) is 4.49. The van der Waals surface area contributed by atoms with Gasteiger partial charge < -0.3 is 9.47 Å². The van der Waals surface area contributed by atoms with Gasteiger partial charge >= 0.3 is 0 Å². The highest BCUT2D eigenvalue weighted by Crippen LogP contribution is 2.32. The molecule has 2 aromatic carbocycles. The fourth-order valence-electron chi connectivity index (χ4n) is 2.30. The van der Waals surface area contributed by atoms with Crippen LogP contribution in [-0.2, 0) is 4.79 Å². The molecule has 0 atom stereocenters. The first-order valence-electron chi connectivity index (χ1n) is 7.50. The van der Waals surface area contributed by atoms with E-state index in [9.17, 15) is 4.79 Å². The first-order valence-corrected chi connectivity index (χ1v) is 8.32. The Bertz CT molecular complexity index is 889. The SMILES string of the molecule is COc1cccc2sc(NC(=O)COc3cc(C)ccc3C)nc12. The number of thiazole rings is 1. The van der Waals surface area contributed by atoms with Crippen molar-refractivity contribution in [2.75, 3.05) is 19.0 Å². The predicted octanol–water partition coefficient (Wildman–Crippen LogP) is 3.94. The second-order valence-electron chi connectivity index (χ2n) is 5.43. The van der Waals surface area contributed by atoms with Crippen LogP contribution in [0.25, 0.3) is 10.2 Å². The summed E-state index contributed by atoms with van der Waals surface area (Å²) in [6.45, 7) is 3.88. The number of ether oxygens (including phenoxy) is 2. The fraction of sp³-hybridized carbons (Fsp3) is 0.222. The lowest BCUT2D eigenvalue weighted by molar-refractivity contribution is -0.118. The molecule has 0 aliphatic carbocycles. The minimum absolute atomic E-state index is 0.0582. The molecule has 0 fully saturated rings. The molecular formula is C18H18N2O3S. The summed E-state index contributed by atoms with van der Waals surface area (Å²) in [5.41, 5.74) is 2.84. The zero-order valence-corrected chi connectivity index (χ0v) is 14.6. The highest BCUT2D eigenvalue weighted by molar-refractivity contribution is 7.22. The van der Waals surface area contributed by atoms with Crippen LogP contribution >= 0.6 is 11.3 Å². The Morgan fingerprint density at radius 1 is 1.21 bits per heavy atom. The van der Waals surface area contributed by atoms with Crippen molar-refractivity contribution in [2.24, 2.45) is 0 Å². The molecule has 0 unspecified atom stereocenters. The van der Waals surface area contributed by atoms with Crippen molar-refractivity contribution < 1.29 is 14.3 Å². The van der Waals surface area contributed by atoms with Gasteiger partial charge in [0.05, 0.1) is 11.8 Å². The molecule has 5 nitrogen and oxygen atoms in total. The predicted molar refractivity (Wildman–Crippen MR) is 96.2 cm³/mol. The second-order valence-corrected chi connectivity index (χ2v) is 6.46. The Morgan fingerprint density at radius 3 is 2.83 bits per heavy atom. The van der Waals surface area contributed by atoms with Gasteiger partial charge in [0.25, 0.3) is 5.91 Å². The summed E-state index contributed by atoms with van der Waals surface area (Å²) < 4.78 is 11.9. The van der Waals surface area contributed by atoms with Gasteiger partial charge in [-0.05, 0) is 43.2 Å². The number of carbonyl (C=O) groups excluding carboxylic acids is 1. The molecule has 124 valence electrons. The van der Waals surface area contributed by atoms with Gasteiger partial charge in [-0.2, -0.15) is 0 Å². The number of amides is 1. The van der Waals surface area contributed by atoms with Crippen LogP contribution in [0, 0.1) is 13.8 Å². The first kappa shape index (κ1) is 16.3. The maximum atomic E-state index is 12.1. The number of aryl methyl sites for hydroxylation is 2. The van der Waals surface area contributed by atoms with E-state index in [1.54, 1.807) is 7.11 Å². The van der Waals surface area contributed by atoms with E-state index < -0.39 is 0 Å². The van der Waals surface area contributed by atoms with E-state index in [0.717, 1.165) is 27.1 Å². The van der Waals surface area contributed by atoms with Crippen LogP contribution in [0.15, 0.2) is 36.4 Å². The van der Waals surface area contributed by atoms with Gasteiger partial charge in [-0.15, -0.1) is 0 Å². The molecule has 0 aliphatic heterocycles. The molecular weight excluding hydrogens is 324 g/mol. The summed E-state index contributed by atoms with van der Waals surface area (Å²) in [5, 5.41) is 3.31. The summed E-state index contributed by atoms with van der Waals surface area (Å²) in [5.74, 6) is 1.17. The van der Waals surface area contributed by atoms with E-state index in [0.29, 0.717) is 10.9 Å². The van der Waals surface area contributed by atoms with Crippen molar-refractivity contribution in [3.63, 3.8) is 0 Å². The van der Waals surface area contributed by atoms with Gasteiger partial charge in [0.2, 0.25) is 0 Å². The summed E-state index contributed by atoms with van der Waals surface area (Å²) in [6.07, 6.45) is 0. The van der Waals surface area contributed by atoms with Gasteiger partial charge in [-0.3, -0.25) is 10.1 Å². The zero-order chi connectivity index (χ0) is 17.1. The Kier molecular flexibility index (Phi) is 4.66. The third kappa shape index (κ3) is 3.49. The molecule has 0 bridgehead atoms. The number of nitrogens with one attached hydrogen (secondary N) is 1. The average Bonchev–Trinajstić information content (AvgIpc) is 2.97. The number of hydrogen-bond donors (Lipinski definition) is 1. The number of nitrogens with zero attached hydrogens (tertiary/aromatic N) is 1. The third-order valence-electron chi connectivity index (χ3n) is 3.55. The van der Waals surface area contributed by atoms with Crippen molar-refractivity contribution in [1.82, 2.24) is 4.98 Å². The summed E-state index contributed by atoms with van der Waals surface area (Å²) in [6, 6.07) is 11.6. The lowest BCUT2D eigenvalue weighted by Gasteiger charge is -2.09. The van der Waals surface area contributed by atoms with Crippen molar-refractivity contribution in [3.05, 3.63) is 47.5 Å². The minimum atomic E-state index is -0.242. The topological polar surface area (TPSA) is 60.5 Å². The number of benzene rings is 2. The molecule has 0 spiro atoms. The number of para-hydroxylation sites is 1. The van der Waals surface area contributed by atoms with Gasteiger partial charge in [-0.1, -0.05) is 29.5 Å². The smallest absolute Gasteiger partial charge is 0.264 e. The number of methoxy groups -OCH3 is 1. The van der Waals surface area contributed by atoms with Gasteiger partial charge in [-0.25, -0.2) is 4.98 Å². The van der Waals surface area contributed by atoms with Crippen LogP contribution < -0.4 is 14.8 Å². The highest BCUT2D eigenvalue weighted by Gasteiger charge is 2.12. The van der Waals surface area contributed by atoms with E-state index in [1.807, 2.05) is 50.2 Å². The van der Waals surface area contributed by atoms with E-state index in [2.05, 4.69) is 10.3 Å². The molecule has 1 heterocycles. The van der Waals surface area contributed by atoms with E-state index in [4.69, 9.17) is 9.47 Å². The Morgan fingerprint density at radius 2 is 2.04 bits per heavy atom. The largest absolute Gasteiger partial charge is 0.494 e. The molecule has 3 aromatic rings. The van der Waals surface area contributed by atoms with E-state index in [1.165, 1.54) is 11.3 Å². The molecule has 1 aromatic heterocycles. The quantitative estimate of drug-likeness (QED) is 0.763. The molecule has 0 radical (unpaired) electrons. The Balaban J connectivity index is 1.68. The summed E-state index contributed by atoms with van der Waals surface area (Å²) >= 11 is 1.40. The average molecular weight is 342 g/mol. The normalized spacial score (nSPS) is 10.6. The van der Waals surface area contributed by atoms with Crippen molar-refractivity contribution >= 4 is 32.6 Å². The highest BCUT2D eigenvalue weighted by atomic mass is 32.1. The lowest BCUT2D eigenvalue weighted by atomic mass is 10.1. The van der Waals surface area contributed by atoms with Crippen LogP contribution in [0.4, 0.5) is 5.13 Å². The second kappa shape index (κ2) is 6.88. The molecule has 1 amide bonds. The Hall–Kier alpha value is -2.60. The summed E-state index contributed by atoms with van der Waals surface area (Å²) in [4.78, 5) is 16.5. The van der Waals surface area contributed by atoms with Crippen LogP contribution in [0.1, 0.15) is 11.1 Å². The number of carbonyl (C=O) groups is 1. The molecule has 0 saturated carbocycles. The molecule has 3 rings (SSSR count). The molecule has 0 aliphatic rings. The molecule has 24 heavy (non-hydrogen) atoms. The lowest BCUT2D eigenvalue weighted by Crippen LogP contribution is -2.20. The first-order chi connectivity index (χ1) is 11.6. The number of rotatable bonds is 5. The molecule has 6 heteroatoms. The van der Waals surface area contributed by atoms with Crippen molar-refractivity contribution in [3.8, 4) is 11.5 Å². The monoisotopic (exact) mass is 342 g/mol. The van der Waals surface area contributed by atoms with Crippen molar-refractivity contribution in [1.29, 1.82) is 0 Å².